The maximum atomic E-state index is 11.9. The van der Waals surface area contributed by atoms with Crippen LogP contribution in [0.4, 0.5) is 5.69 Å². The number of rotatable bonds is 3. The highest BCUT2D eigenvalue weighted by Crippen LogP contribution is 2.41. The highest BCUT2D eigenvalue weighted by atomic mass is 16.3. The third-order valence-corrected chi connectivity index (χ3v) is 3.25. The molecular weight excluding hydrogens is 216 g/mol. The van der Waals surface area contributed by atoms with E-state index in [9.17, 15) is 4.79 Å². The standard InChI is InChI=1S/C13H14N2O2/c14-9-13(6-1-7-13)12(17)15-11-4-2-10(8-16)3-5-11/h2-5,16H,1,6-8H2,(H,15,17). The van der Waals surface area contributed by atoms with Crippen LogP contribution in [0.15, 0.2) is 24.3 Å². The van der Waals surface area contributed by atoms with E-state index < -0.39 is 5.41 Å². The fourth-order valence-electron chi connectivity index (χ4n) is 1.86. The van der Waals surface area contributed by atoms with Crippen LogP contribution < -0.4 is 5.32 Å². The van der Waals surface area contributed by atoms with E-state index in [1.54, 1.807) is 24.3 Å². The van der Waals surface area contributed by atoms with Gasteiger partial charge in [0, 0.05) is 5.69 Å². The van der Waals surface area contributed by atoms with Crippen LogP contribution in [0.5, 0.6) is 0 Å². The number of aliphatic hydroxyl groups excluding tert-OH is 1. The van der Waals surface area contributed by atoms with Crippen molar-refractivity contribution >= 4 is 11.6 Å². The van der Waals surface area contributed by atoms with E-state index in [0.29, 0.717) is 18.5 Å². The number of nitrogens with zero attached hydrogens (tertiary/aromatic N) is 1. The molecule has 1 aromatic rings. The summed E-state index contributed by atoms with van der Waals surface area (Å²) >= 11 is 0. The normalized spacial score (nSPS) is 16.7. The molecule has 1 aliphatic carbocycles. The van der Waals surface area contributed by atoms with Gasteiger partial charge in [0.05, 0.1) is 12.7 Å². The van der Waals surface area contributed by atoms with Crippen molar-refractivity contribution < 1.29 is 9.90 Å². The Morgan fingerprint density at radius 3 is 2.47 bits per heavy atom. The van der Waals surface area contributed by atoms with Crippen LogP contribution in [0.2, 0.25) is 0 Å². The second kappa shape index (κ2) is 4.56. The third kappa shape index (κ3) is 2.15. The molecule has 2 rings (SSSR count). The number of nitriles is 1. The summed E-state index contributed by atoms with van der Waals surface area (Å²) in [6, 6.07) is 9.06. The lowest BCUT2D eigenvalue weighted by atomic mass is 9.69. The second-order valence-electron chi connectivity index (χ2n) is 4.36. The van der Waals surface area contributed by atoms with Gasteiger partial charge in [0.15, 0.2) is 0 Å². The predicted molar refractivity (Wildman–Crippen MR) is 62.9 cm³/mol. The van der Waals surface area contributed by atoms with Crippen LogP contribution in [-0.4, -0.2) is 11.0 Å². The van der Waals surface area contributed by atoms with Crippen molar-refractivity contribution in [1.82, 2.24) is 0 Å². The van der Waals surface area contributed by atoms with Crippen molar-refractivity contribution in [3.63, 3.8) is 0 Å². The van der Waals surface area contributed by atoms with Gasteiger partial charge in [-0.25, -0.2) is 0 Å². The second-order valence-corrected chi connectivity index (χ2v) is 4.36. The first kappa shape index (κ1) is 11.6. The molecule has 0 aromatic heterocycles. The molecule has 1 aromatic carbocycles. The van der Waals surface area contributed by atoms with Crippen molar-refractivity contribution in [3.8, 4) is 6.07 Å². The van der Waals surface area contributed by atoms with Crippen molar-refractivity contribution in [2.75, 3.05) is 5.32 Å². The number of benzene rings is 1. The number of carbonyl (C=O) groups is 1. The molecular formula is C13H14N2O2. The Hall–Kier alpha value is -1.86. The molecule has 88 valence electrons. The molecule has 0 unspecified atom stereocenters. The first-order chi connectivity index (χ1) is 8.20. The Bertz CT molecular complexity index is 455. The number of amides is 1. The molecule has 1 saturated carbocycles. The maximum absolute atomic E-state index is 11.9. The Morgan fingerprint density at radius 1 is 1.41 bits per heavy atom. The molecule has 17 heavy (non-hydrogen) atoms. The van der Waals surface area contributed by atoms with Crippen molar-refractivity contribution in [2.45, 2.75) is 25.9 Å². The Morgan fingerprint density at radius 2 is 2.06 bits per heavy atom. The zero-order valence-corrected chi connectivity index (χ0v) is 9.44. The van der Waals surface area contributed by atoms with Crippen molar-refractivity contribution in [1.29, 1.82) is 5.26 Å². The molecule has 1 aliphatic rings. The van der Waals surface area contributed by atoms with E-state index in [1.165, 1.54) is 0 Å². The minimum atomic E-state index is -0.824. The molecule has 4 nitrogen and oxygen atoms in total. The number of hydrogen-bond donors (Lipinski definition) is 2. The molecule has 0 atom stereocenters. The van der Waals surface area contributed by atoms with Crippen LogP contribution in [0.1, 0.15) is 24.8 Å². The summed E-state index contributed by atoms with van der Waals surface area (Å²) in [5, 5.41) is 20.7. The molecule has 4 heteroatoms. The summed E-state index contributed by atoms with van der Waals surface area (Å²) in [5.41, 5.74) is 0.630. The van der Waals surface area contributed by atoms with Gasteiger partial charge in [0.2, 0.25) is 5.91 Å². The highest BCUT2D eigenvalue weighted by molar-refractivity contribution is 5.97. The number of hydrogen-bond acceptors (Lipinski definition) is 3. The number of nitrogens with one attached hydrogen (secondary N) is 1. The lowest BCUT2D eigenvalue weighted by Crippen LogP contribution is -2.40. The van der Waals surface area contributed by atoms with Gasteiger partial charge < -0.3 is 10.4 Å². The van der Waals surface area contributed by atoms with Gasteiger partial charge in [-0.1, -0.05) is 12.1 Å². The zero-order chi connectivity index (χ0) is 12.3. The van der Waals surface area contributed by atoms with Crippen LogP contribution in [0.25, 0.3) is 0 Å². The fraction of sp³-hybridized carbons (Fsp3) is 0.385. The quantitative estimate of drug-likeness (QED) is 0.831. The van der Waals surface area contributed by atoms with E-state index in [1.807, 2.05) is 0 Å². The molecule has 0 spiro atoms. The monoisotopic (exact) mass is 230 g/mol. The summed E-state index contributed by atoms with van der Waals surface area (Å²) in [6.45, 7) is -0.0175. The number of anilines is 1. The van der Waals surface area contributed by atoms with Crippen molar-refractivity contribution in [2.24, 2.45) is 5.41 Å². The summed E-state index contributed by atoms with van der Waals surface area (Å²) in [4.78, 5) is 11.9. The molecule has 2 N–H and O–H groups in total. The summed E-state index contributed by atoms with van der Waals surface area (Å²) in [5.74, 6) is -0.219. The number of carbonyl (C=O) groups excluding carboxylic acids is 1. The average Bonchev–Trinajstić information content (AvgIpc) is 2.29. The lowest BCUT2D eigenvalue weighted by molar-refractivity contribution is -0.126. The van der Waals surface area contributed by atoms with Gasteiger partial charge in [0.25, 0.3) is 0 Å². The van der Waals surface area contributed by atoms with Crippen molar-refractivity contribution in [3.05, 3.63) is 29.8 Å². The topological polar surface area (TPSA) is 73.1 Å². The first-order valence-electron chi connectivity index (χ1n) is 5.63. The van der Waals surface area contributed by atoms with Crippen LogP contribution in [-0.2, 0) is 11.4 Å². The SMILES string of the molecule is N#CC1(C(=O)Nc2ccc(CO)cc2)CCC1. The maximum Gasteiger partial charge on any atom is 0.244 e. The smallest absolute Gasteiger partial charge is 0.244 e. The van der Waals surface area contributed by atoms with E-state index in [-0.39, 0.29) is 12.5 Å². The van der Waals surface area contributed by atoms with E-state index in [2.05, 4.69) is 11.4 Å². The minimum absolute atomic E-state index is 0.0175. The molecule has 0 radical (unpaired) electrons. The molecule has 0 aliphatic heterocycles. The van der Waals surface area contributed by atoms with Gasteiger partial charge in [-0.3, -0.25) is 4.79 Å². The van der Waals surface area contributed by atoms with Crippen LogP contribution in [0.3, 0.4) is 0 Å². The fourth-order valence-corrected chi connectivity index (χ4v) is 1.86. The van der Waals surface area contributed by atoms with Gasteiger partial charge >= 0.3 is 0 Å². The summed E-state index contributed by atoms with van der Waals surface area (Å²) < 4.78 is 0. The summed E-state index contributed by atoms with van der Waals surface area (Å²) in [7, 11) is 0. The van der Waals surface area contributed by atoms with Gasteiger partial charge in [-0.05, 0) is 37.0 Å². The van der Waals surface area contributed by atoms with Gasteiger partial charge in [-0.15, -0.1) is 0 Å². The Labute approximate surface area is 99.9 Å². The van der Waals surface area contributed by atoms with E-state index >= 15 is 0 Å². The van der Waals surface area contributed by atoms with E-state index in [4.69, 9.17) is 10.4 Å². The Kier molecular flexibility index (Phi) is 3.12. The predicted octanol–water partition coefficient (Wildman–Crippen LogP) is 1.81. The van der Waals surface area contributed by atoms with Crippen LogP contribution in [0, 0.1) is 16.7 Å². The Balaban J connectivity index is 2.05. The number of aliphatic hydroxyl groups is 1. The summed E-state index contributed by atoms with van der Waals surface area (Å²) in [6.07, 6.45) is 2.22. The van der Waals surface area contributed by atoms with Gasteiger partial charge in [0.1, 0.15) is 5.41 Å². The largest absolute Gasteiger partial charge is 0.392 e. The highest BCUT2D eigenvalue weighted by Gasteiger charge is 2.44. The zero-order valence-electron chi connectivity index (χ0n) is 9.44. The third-order valence-electron chi connectivity index (χ3n) is 3.25. The molecule has 0 saturated heterocycles. The first-order valence-corrected chi connectivity index (χ1v) is 5.63. The van der Waals surface area contributed by atoms with E-state index in [0.717, 1.165) is 12.0 Å². The molecule has 0 bridgehead atoms. The lowest BCUT2D eigenvalue weighted by Gasteiger charge is -2.33. The van der Waals surface area contributed by atoms with Crippen LogP contribution >= 0.6 is 0 Å². The average molecular weight is 230 g/mol. The van der Waals surface area contributed by atoms with Gasteiger partial charge in [-0.2, -0.15) is 5.26 Å². The molecule has 0 heterocycles. The minimum Gasteiger partial charge on any atom is -0.392 e. The molecule has 1 fully saturated rings. The molecule has 1 amide bonds.